The summed E-state index contributed by atoms with van der Waals surface area (Å²) in [6.45, 7) is 44.0. The third-order valence-corrected chi connectivity index (χ3v) is 22.0. The van der Waals surface area contributed by atoms with Crippen LogP contribution in [0.5, 0.6) is 0 Å². The van der Waals surface area contributed by atoms with E-state index >= 15 is 0 Å². The monoisotopic (exact) mass is 2170 g/mol. The molecule has 150 heavy (non-hydrogen) atoms. The standard InChI is InChI=1S/3C32H16N8.11C2H6.CH3ClO2S.3Zn/c3*1-2-10-18-17(9-1)25-33-26(18)38-28-21-13-5-6-14-22(21)30(35-28)40-32-24-16-8-7-15-23(24)31(36-32)39-29-20-12-4-3-11-19(20)27(34-29)37-25;11*1-2;1-5(2,3)4;;;/h3*1-16H;11*1-2H3;1H3;;;/q3*-2;;;;;;;;;;;;;3*+2. The Morgan fingerprint density at radius 3 is 0.287 bits per heavy atom. The number of nitrogens with zero attached hydrogens (tertiary/aromatic N) is 24. The Morgan fingerprint density at radius 1 is 0.147 bits per heavy atom. The second kappa shape index (κ2) is 55.2. The summed E-state index contributed by atoms with van der Waals surface area (Å²) in [4.78, 5) is 118. The van der Waals surface area contributed by atoms with Crippen LogP contribution in [0.1, 0.15) is 152 Å². The number of aromatic nitrogens is 24. The van der Waals surface area contributed by atoms with Crippen molar-refractivity contribution in [3.05, 3.63) is 291 Å². The van der Waals surface area contributed by atoms with E-state index < -0.39 is 9.05 Å². The number of hydrogen-bond acceptors (Lipinski definition) is 20. The molecule has 0 N–H and O–H groups in total. The Labute approximate surface area is 917 Å². The third kappa shape index (κ3) is 24.2. The van der Waals surface area contributed by atoms with Gasteiger partial charge in [-0.25, -0.2) is 38.3 Å². The Morgan fingerprint density at radius 2 is 0.213 bits per heavy atom. The predicted octanol–water partition coefficient (Wildman–Crippen LogP) is 29.8. The van der Waals surface area contributed by atoms with Crippen molar-refractivity contribution >= 4 is 152 Å². The molecule has 0 fully saturated rings. The van der Waals surface area contributed by atoms with Crippen LogP contribution in [0.4, 0.5) is 0 Å². The van der Waals surface area contributed by atoms with Crippen LogP contribution in [0.25, 0.3) is 269 Å². The van der Waals surface area contributed by atoms with Crippen molar-refractivity contribution in [1.29, 1.82) is 0 Å². The Kier molecular flexibility index (Phi) is 43.0. The zero-order chi connectivity index (χ0) is 105. The molecule has 27 rings (SSSR count). The van der Waals surface area contributed by atoms with Crippen LogP contribution in [-0.2, 0) is 67.5 Å². The van der Waals surface area contributed by atoms with Gasteiger partial charge in [-0.2, -0.15) is 0 Å². The fourth-order valence-electron chi connectivity index (χ4n) is 16.4. The molecular weight excluding hydrogens is 2060 g/mol. The van der Waals surface area contributed by atoms with Crippen LogP contribution >= 0.6 is 10.7 Å². The molecule has 0 amide bonds. The van der Waals surface area contributed by atoms with E-state index in [1.165, 1.54) is 0 Å². The summed E-state index contributed by atoms with van der Waals surface area (Å²) in [7, 11) is 1.31. The Hall–Kier alpha value is -15.2. The summed E-state index contributed by atoms with van der Waals surface area (Å²) in [5.41, 5.74) is 17.3. The van der Waals surface area contributed by atoms with E-state index in [9.17, 15) is 8.42 Å². The first kappa shape index (κ1) is 117. The second-order valence-electron chi connectivity index (χ2n) is 29.7. The zero-order valence-electron chi connectivity index (χ0n) is 89.2. The molecule has 0 saturated carbocycles. The molecule has 6 aliphatic rings. The number of benzene rings is 12. The summed E-state index contributed by atoms with van der Waals surface area (Å²) in [5, 5.41) is 10.7. The van der Waals surface area contributed by atoms with Gasteiger partial charge in [0, 0.05) is 145 Å². The van der Waals surface area contributed by atoms with E-state index in [-0.39, 0.29) is 58.4 Å². The number of hydrogen-bond donors (Lipinski definition) is 0. The summed E-state index contributed by atoms with van der Waals surface area (Å²) in [5.74, 6) is 6.62. The SMILES string of the molecule is CC.CC.CC.CC.CC.CC.CC.CC.CC.CC.CC.CS(=O)(=O)Cl.[Zn+2].[Zn+2].[Zn+2].c1ccc2c(c1)-c1nc-2nc2[n-]c(nc3nc(nc4[n-]c(n1)c1ccccc41)-c1ccccc1-3)c1ccccc21.c1ccc2c(c1)-c1nc-2nc2[n-]c(nc3nc(nc4[n-]c(n1)c1ccccc41)-c1ccccc1-3)c1ccccc21.c1ccc2c(c1)-c1nc-2nc2[n-]c(nc3nc(nc4[n-]c(n1)c1ccccc41)-c1ccccc1-3)c1ccccc21. The molecule has 9 aromatic heterocycles. The van der Waals surface area contributed by atoms with Crippen LogP contribution in [0.2, 0.25) is 0 Å². The minimum Gasteiger partial charge on any atom is -0.357 e. The molecule has 6 aliphatic heterocycles. The maximum absolute atomic E-state index is 9.40. The Bertz CT molecular complexity index is 7210. The van der Waals surface area contributed by atoms with Crippen molar-refractivity contribution in [2.75, 3.05) is 6.26 Å². The quantitative estimate of drug-likeness (QED) is 0.100. The molecule has 24 bridgehead atoms. The van der Waals surface area contributed by atoms with E-state index in [2.05, 4.69) is 10.7 Å². The first-order valence-corrected chi connectivity index (χ1v) is 53.3. The van der Waals surface area contributed by atoms with E-state index in [1.54, 1.807) is 0 Å². The van der Waals surface area contributed by atoms with Gasteiger partial charge in [-0.1, -0.05) is 444 Å². The van der Waals surface area contributed by atoms with Crippen molar-refractivity contribution in [3.8, 4) is 137 Å². The number of rotatable bonds is 0. The molecule has 744 valence electrons. The van der Waals surface area contributed by atoms with E-state index in [0.29, 0.717) is 138 Å². The second-order valence-corrected chi connectivity index (χ2v) is 32.7. The maximum Gasteiger partial charge on any atom is 2.00 e. The molecule has 0 aliphatic carbocycles. The molecule has 31 heteroatoms. The van der Waals surface area contributed by atoms with Gasteiger partial charge in [0.15, 0.2) is 0 Å². The van der Waals surface area contributed by atoms with Gasteiger partial charge in [-0.05, 0) is 64.6 Å². The van der Waals surface area contributed by atoms with Gasteiger partial charge in [-0.15, -0.1) is 0 Å². The van der Waals surface area contributed by atoms with Crippen LogP contribution < -0.4 is 29.9 Å². The summed E-state index contributed by atoms with van der Waals surface area (Å²) >= 11 is 0. The molecule has 21 aromatic rings. The molecule has 26 nitrogen and oxygen atoms in total. The average Bonchev–Trinajstić information content (AvgIpc) is 1.60. The van der Waals surface area contributed by atoms with Crippen molar-refractivity contribution in [3.63, 3.8) is 0 Å². The maximum atomic E-state index is 9.40. The number of halogens is 1. The Balaban J connectivity index is 0.000000204. The molecule has 0 spiro atoms. The van der Waals surface area contributed by atoms with Gasteiger partial charge in [0.05, 0.1) is 76.1 Å². The van der Waals surface area contributed by atoms with Crippen molar-refractivity contribution in [1.82, 2.24) is 120 Å². The summed E-state index contributed by atoms with van der Waals surface area (Å²) in [6.07, 6.45) is 0.925. The largest absolute Gasteiger partial charge is 2.00 e. The summed E-state index contributed by atoms with van der Waals surface area (Å²) in [6, 6.07) is 95.5. The molecule has 0 saturated heterocycles. The topological polar surface area (TPSA) is 351 Å². The third-order valence-electron chi connectivity index (χ3n) is 22.0. The van der Waals surface area contributed by atoms with Gasteiger partial charge in [0.25, 0.3) is 0 Å². The minimum absolute atomic E-state index is 0. The minimum atomic E-state index is -3.19. The molecule has 0 radical (unpaired) electrons. The molecular formula is C119H117ClN24O2SZn3. The van der Waals surface area contributed by atoms with E-state index in [1.807, 2.05) is 444 Å². The predicted molar refractivity (Wildman–Crippen MR) is 608 cm³/mol. The van der Waals surface area contributed by atoms with Crippen LogP contribution in [0.3, 0.4) is 0 Å². The number of fused-ring (bicyclic) bond motifs is 60. The van der Waals surface area contributed by atoms with Crippen LogP contribution in [-0.4, -0.2) is 104 Å². The van der Waals surface area contributed by atoms with Crippen LogP contribution in [0.15, 0.2) is 291 Å². The van der Waals surface area contributed by atoms with Crippen molar-refractivity contribution in [2.45, 2.75) is 152 Å². The van der Waals surface area contributed by atoms with Gasteiger partial charge >= 0.3 is 58.4 Å². The van der Waals surface area contributed by atoms with E-state index in [0.717, 1.165) is 138 Å². The van der Waals surface area contributed by atoms with Gasteiger partial charge < -0.3 is 89.7 Å². The van der Waals surface area contributed by atoms with E-state index in [4.69, 9.17) is 120 Å². The van der Waals surface area contributed by atoms with Gasteiger partial charge in [0.2, 0.25) is 9.05 Å². The average molecular weight is 2180 g/mol. The smallest absolute Gasteiger partial charge is 0.357 e. The first-order chi connectivity index (χ1) is 72.4. The first-order valence-electron chi connectivity index (χ1n) is 50.6. The fourth-order valence-corrected chi connectivity index (χ4v) is 16.4. The molecule has 15 heterocycles. The van der Waals surface area contributed by atoms with Crippen molar-refractivity contribution in [2.24, 2.45) is 0 Å². The van der Waals surface area contributed by atoms with Gasteiger partial charge in [0.1, 0.15) is 0 Å². The van der Waals surface area contributed by atoms with Gasteiger partial charge in [-0.3, -0.25) is 0 Å². The molecule has 0 unspecified atom stereocenters. The molecule has 0 atom stereocenters. The zero-order valence-corrected chi connectivity index (χ0v) is 99.6. The fraction of sp³-hybridized carbons (Fsp3) is 0.193. The molecule has 12 aromatic carbocycles. The summed E-state index contributed by atoms with van der Waals surface area (Å²) < 4.78 is 18.8. The normalized spacial score (nSPS) is 10.4. The van der Waals surface area contributed by atoms with Crippen LogP contribution in [0, 0.1) is 0 Å². The van der Waals surface area contributed by atoms with Crippen molar-refractivity contribution < 1.29 is 66.9 Å².